The molecule has 1 saturated carbocycles. The van der Waals surface area contributed by atoms with Crippen LogP contribution in [0.3, 0.4) is 0 Å². The molecule has 1 heteroatoms. The third-order valence-corrected chi connectivity index (χ3v) is 4.28. The molecule has 1 aromatic carbocycles. The van der Waals surface area contributed by atoms with Crippen molar-refractivity contribution < 1.29 is 0 Å². The average molecular weight is 253 g/mol. The molecule has 0 saturated heterocycles. The largest absolute Gasteiger partial charge is 0.192 e. The highest BCUT2D eigenvalue weighted by molar-refractivity contribution is 5.31. The van der Waals surface area contributed by atoms with E-state index in [0.29, 0.717) is 0 Å². The fourth-order valence-electron chi connectivity index (χ4n) is 3.06. The lowest BCUT2D eigenvalue weighted by Crippen LogP contribution is -2.13. The van der Waals surface area contributed by atoms with E-state index in [1.807, 2.05) is 12.1 Å². The zero-order chi connectivity index (χ0) is 13.5. The van der Waals surface area contributed by atoms with Crippen molar-refractivity contribution in [2.24, 2.45) is 11.8 Å². The molecule has 0 bridgehead atoms. The van der Waals surface area contributed by atoms with Crippen molar-refractivity contribution in [3.8, 4) is 6.07 Å². The van der Waals surface area contributed by atoms with Crippen LogP contribution in [0.25, 0.3) is 0 Å². The van der Waals surface area contributed by atoms with E-state index in [4.69, 9.17) is 5.26 Å². The molecule has 1 aliphatic carbocycles. The summed E-state index contributed by atoms with van der Waals surface area (Å²) >= 11 is 0. The second kappa shape index (κ2) is 7.14. The summed E-state index contributed by atoms with van der Waals surface area (Å²) in [6, 6.07) is 10.2. The lowest BCUT2D eigenvalue weighted by Gasteiger charge is -2.26. The molecule has 0 amide bonds. The van der Waals surface area contributed by atoms with Gasteiger partial charge in [-0.3, -0.25) is 0 Å². The normalized spacial score (nSPS) is 23.4. The van der Waals surface area contributed by atoms with Crippen molar-refractivity contribution >= 4 is 0 Å². The molecule has 1 nitrogen and oxygen atoms in total. The molecule has 0 aromatic heterocycles. The topological polar surface area (TPSA) is 23.8 Å². The Morgan fingerprint density at radius 3 is 2.42 bits per heavy atom. The van der Waals surface area contributed by atoms with E-state index >= 15 is 0 Å². The van der Waals surface area contributed by atoms with Gasteiger partial charge in [-0.15, -0.1) is 0 Å². The first-order valence-corrected chi connectivity index (χ1v) is 7.43. The smallest absolute Gasteiger partial charge is 0.0991 e. The first kappa shape index (κ1) is 13.9. The number of rotatable bonds is 4. The third-order valence-electron chi connectivity index (χ3n) is 4.28. The number of allylic oxidation sites excluding steroid dienone is 2. The number of aryl methyl sites for hydroxylation is 1. The molecule has 0 radical (unpaired) electrons. The monoisotopic (exact) mass is 253 g/mol. The quantitative estimate of drug-likeness (QED) is 0.702. The van der Waals surface area contributed by atoms with Crippen LogP contribution in [0.2, 0.25) is 0 Å². The number of nitrogens with zero attached hydrogens (tertiary/aromatic N) is 1. The maximum atomic E-state index is 8.78. The fourth-order valence-corrected chi connectivity index (χ4v) is 3.06. The van der Waals surface area contributed by atoms with Gasteiger partial charge in [0.1, 0.15) is 0 Å². The van der Waals surface area contributed by atoms with Crippen molar-refractivity contribution in [3.63, 3.8) is 0 Å². The van der Waals surface area contributed by atoms with Crippen LogP contribution in [0, 0.1) is 23.2 Å². The lowest BCUT2D eigenvalue weighted by atomic mass is 9.79. The highest BCUT2D eigenvalue weighted by atomic mass is 14.2. The fraction of sp³-hybridized carbons (Fsp3) is 0.500. The molecular weight excluding hydrogens is 230 g/mol. The first-order valence-electron chi connectivity index (χ1n) is 7.43. The number of nitriles is 1. The molecular formula is C18H23N. The van der Waals surface area contributed by atoms with Crippen LogP contribution in [0.4, 0.5) is 0 Å². The van der Waals surface area contributed by atoms with E-state index in [2.05, 4.69) is 37.3 Å². The molecule has 0 aliphatic heterocycles. The Morgan fingerprint density at radius 1 is 1.16 bits per heavy atom. The minimum Gasteiger partial charge on any atom is -0.192 e. The summed E-state index contributed by atoms with van der Waals surface area (Å²) < 4.78 is 0. The van der Waals surface area contributed by atoms with Gasteiger partial charge in [-0.2, -0.15) is 5.26 Å². The zero-order valence-corrected chi connectivity index (χ0v) is 11.8. The van der Waals surface area contributed by atoms with Crippen LogP contribution in [0.5, 0.6) is 0 Å². The molecule has 0 N–H and O–H groups in total. The second-order valence-electron chi connectivity index (χ2n) is 5.65. The van der Waals surface area contributed by atoms with E-state index in [1.54, 1.807) is 0 Å². The summed E-state index contributed by atoms with van der Waals surface area (Å²) in [5.74, 6) is 1.73. The maximum Gasteiger partial charge on any atom is 0.0991 e. The van der Waals surface area contributed by atoms with Gasteiger partial charge in [-0.1, -0.05) is 24.3 Å². The number of hydrogen-bond acceptors (Lipinski definition) is 1. The Morgan fingerprint density at radius 2 is 1.84 bits per heavy atom. The van der Waals surface area contributed by atoms with E-state index in [-0.39, 0.29) is 0 Å². The van der Waals surface area contributed by atoms with E-state index < -0.39 is 0 Å². The average Bonchev–Trinajstić information content (AvgIpc) is 2.47. The van der Waals surface area contributed by atoms with E-state index in [1.165, 1.54) is 37.7 Å². The summed E-state index contributed by atoms with van der Waals surface area (Å²) in [6.45, 7) is 2.12. The number of benzene rings is 1. The molecule has 0 atom stereocenters. The molecule has 1 aliphatic rings. The maximum absolute atomic E-state index is 8.78. The molecule has 100 valence electrons. The number of hydrogen-bond donors (Lipinski definition) is 0. The predicted octanol–water partition coefficient (Wildman–Crippen LogP) is 4.87. The van der Waals surface area contributed by atoms with Crippen molar-refractivity contribution in [2.75, 3.05) is 0 Å². The first-order chi connectivity index (χ1) is 9.31. The van der Waals surface area contributed by atoms with Crippen molar-refractivity contribution in [2.45, 2.75) is 45.4 Å². The van der Waals surface area contributed by atoms with Crippen molar-refractivity contribution in [1.29, 1.82) is 5.26 Å². The highest BCUT2D eigenvalue weighted by Crippen LogP contribution is 2.32. The van der Waals surface area contributed by atoms with E-state index in [9.17, 15) is 0 Å². The molecule has 2 rings (SSSR count). The van der Waals surface area contributed by atoms with Crippen molar-refractivity contribution in [3.05, 3.63) is 47.5 Å². The Balaban J connectivity index is 1.75. The minimum absolute atomic E-state index is 0.760. The highest BCUT2D eigenvalue weighted by Gasteiger charge is 2.18. The SMILES string of the molecule is CC=CC1CCC(CCc2ccc(C#N)cc2)CC1. The van der Waals surface area contributed by atoms with Gasteiger partial charge in [0.05, 0.1) is 11.6 Å². The summed E-state index contributed by atoms with van der Waals surface area (Å²) in [5, 5.41) is 8.78. The van der Waals surface area contributed by atoms with Gasteiger partial charge < -0.3 is 0 Å². The molecule has 0 unspecified atom stereocenters. The predicted molar refractivity (Wildman–Crippen MR) is 79.7 cm³/mol. The van der Waals surface area contributed by atoms with Crippen molar-refractivity contribution in [1.82, 2.24) is 0 Å². The van der Waals surface area contributed by atoms with Gasteiger partial charge in [0, 0.05) is 0 Å². The van der Waals surface area contributed by atoms with Gasteiger partial charge in [0.25, 0.3) is 0 Å². The van der Waals surface area contributed by atoms with Gasteiger partial charge in [-0.05, 0) is 75.0 Å². The Hall–Kier alpha value is -1.55. The second-order valence-corrected chi connectivity index (χ2v) is 5.65. The molecule has 0 spiro atoms. The molecule has 1 fully saturated rings. The molecule has 0 heterocycles. The van der Waals surface area contributed by atoms with Gasteiger partial charge in [0.15, 0.2) is 0 Å². The Kier molecular flexibility index (Phi) is 5.21. The minimum atomic E-state index is 0.760. The summed E-state index contributed by atoms with van der Waals surface area (Å²) in [5.41, 5.74) is 2.13. The van der Waals surface area contributed by atoms with Crippen LogP contribution in [-0.4, -0.2) is 0 Å². The lowest BCUT2D eigenvalue weighted by molar-refractivity contribution is 0.296. The Labute approximate surface area is 117 Å². The van der Waals surface area contributed by atoms with Crippen LogP contribution >= 0.6 is 0 Å². The van der Waals surface area contributed by atoms with Gasteiger partial charge in [0.2, 0.25) is 0 Å². The third kappa shape index (κ3) is 4.24. The standard InChI is InChI=1S/C18H23N/c1-2-3-15-4-6-16(7-5-15)8-9-17-10-12-18(14-19)13-11-17/h2-3,10-13,15-16H,4-9H2,1H3. The van der Waals surface area contributed by atoms with Crippen LogP contribution < -0.4 is 0 Å². The van der Waals surface area contributed by atoms with Crippen LogP contribution in [0.15, 0.2) is 36.4 Å². The van der Waals surface area contributed by atoms with E-state index in [0.717, 1.165) is 23.8 Å². The zero-order valence-electron chi connectivity index (χ0n) is 11.8. The Bertz CT molecular complexity index is 442. The van der Waals surface area contributed by atoms with Crippen LogP contribution in [-0.2, 0) is 6.42 Å². The summed E-state index contributed by atoms with van der Waals surface area (Å²) in [7, 11) is 0. The van der Waals surface area contributed by atoms with Gasteiger partial charge in [-0.25, -0.2) is 0 Å². The summed E-state index contributed by atoms with van der Waals surface area (Å²) in [4.78, 5) is 0. The van der Waals surface area contributed by atoms with Crippen LogP contribution in [0.1, 0.15) is 50.2 Å². The van der Waals surface area contributed by atoms with Gasteiger partial charge >= 0.3 is 0 Å². The molecule has 19 heavy (non-hydrogen) atoms. The molecule has 1 aromatic rings. The summed E-state index contributed by atoms with van der Waals surface area (Å²) in [6.07, 6.45) is 12.5.